The number of hydrazone groups is 1. The van der Waals surface area contributed by atoms with Crippen molar-refractivity contribution in [3.05, 3.63) is 136 Å². The van der Waals surface area contributed by atoms with Gasteiger partial charge in [0.1, 0.15) is 26.5 Å². The molecule has 1 N–H and O–H groups in total. The molecule has 44 heavy (non-hydrogen) atoms. The highest BCUT2D eigenvalue weighted by atomic mass is 35.5. The SMILES string of the molecule is CSc1c(/C(=C2/SC(c3ccccc3)=NN2c2ccc(F)cc2)[N+](=O)[O-])c(=O)c(C(=O)O)nn1-c1ccc(Cl)c([N+](=O)[O-])c1. The van der Waals surface area contributed by atoms with Gasteiger partial charge in [0, 0.05) is 11.6 Å². The number of aromatic nitrogens is 2. The van der Waals surface area contributed by atoms with Gasteiger partial charge in [0.15, 0.2) is 5.03 Å². The molecule has 0 radical (unpaired) electrons. The molecular weight excluding hydrogens is 639 g/mol. The van der Waals surface area contributed by atoms with Crippen LogP contribution in [-0.2, 0) is 0 Å². The van der Waals surface area contributed by atoms with E-state index in [0.717, 1.165) is 51.4 Å². The lowest BCUT2D eigenvalue weighted by molar-refractivity contribution is -0.384. The third-order valence-corrected chi connectivity index (χ3v) is 8.26. The molecular formula is C27H16ClFN6O7S2. The minimum atomic E-state index is -1.79. The highest BCUT2D eigenvalue weighted by molar-refractivity contribution is 8.18. The fraction of sp³-hybridized carbons (Fsp3) is 0.0370. The number of carboxylic acids is 1. The van der Waals surface area contributed by atoms with Crippen LogP contribution in [0.5, 0.6) is 0 Å². The van der Waals surface area contributed by atoms with Crippen LogP contribution in [0.2, 0.25) is 5.02 Å². The van der Waals surface area contributed by atoms with Crippen LogP contribution in [-0.4, -0.2) is 42.0 Å². The minimum Gasteiger partial charge on any atom is -0.476 e. The number of carbonyl (C=O) groups is 1. The van der Waals surface area contributed by atoms with Crippen LogP contribution in [0.25, 0.3) is 11.4 Å². The number of benzene rings is 3. The maximum absolute atomic E-state index is 13.8. The van der Waals surface area contributed by atoms with E-state index < -0.39 is 49.7 Å². The molecule has 4 aromatic rings. The monoisotopic (exact) mass is 654 g/mol. The molecule has 0 bridgehead atoms. The largest absolute Gasteiger partial charge is 0.476 e. The minimum absolute atomic E-state index is 0.0856. The number of hydrogen-bond donors (Lipinski definition) is 1. The molecule has 0 saturated carbocycles. The molecule has 0 saturated heterocycles. The zero-order chi connectivity index (χ0) is 31.7. The molecule has 17 heteroatoms. The van der Waals surface area contributed by atoms with Crippen molar-refractivity contribution in [2.75, 3.05) is 11.3 Å². The quantitative estimate of drug-likeness (QED) is 0.137. The van der Waals surface area contributed by atoms with Crippen LogP contribution < -0.4 is 10.4 Å². The first kappa shape index (κ1) is 30.4. The zero-order valence-electron chi connectivity index (χ0n) is 22.1. The van der Waals surface area contributed by atoms with E-state index in [1.54, 1.807) is 30.3 Å². The van der Waals surface area contributed by atoms with Crippen LogP contribution in [0, 0.1) is 26.0 Å². The van der Waals surface area contributed by atoms with Crippen molar-refractivity contribution >= 4 is 63.2 Å². The first-order valence-corrected chi connectivity index (χ1v) is 14.6. The molecule has 0 unspecified atom stereocenters. The van der Waals surface area contributed by atoms with E-state index >= 15 is 0 Å². The van der Waals surface area contributed by atoms with Crippen LogP contribution in [0.4, 0.5) is 15.8 Å². The lowest BCUT2D eigenvalue weighted by Crippen LogP contribution is -2.29. The first-order valence-electron chi connectivity index (χ1n) is 12.2. The van der Waals surface area contributed by atoms with Gasteiger partial charge in [0.25, 0.3) is 5.69 Å². The van der Waals surface area contributed by atoms with Crippen LogP contribution in [0.3, 0.4) is 0 Å². The number of rotatable bonds is 8. The fourth-order valence-electron chi connectivity index (χ4n) is 4.17. The lowest BCUT2D eigenvalue weighted by Gasteiger charge is -2.18. The number of halogens is 2. The molecule has 0 amide bonds. The van der Waals surface area contributed by atoms with Gasteiger partial charge in [0.05, 0.1) is 21.2 Å². The Morgan fingerprint density at radius 2 is 1.70 bits per heavy atom. The number of nitro benzene ring substituents is 1. The summed E-state index contributed by atoms with van der Waals surface area (Å²) in [6, 6.07) is 17.0. The van der Waals surface area contributed by atoms with Crippen molar-refractivity contribution in [3.8, 4) is 5.69 Å². The molecule has 0 aliphatic carbocycles. The highest BCUT2D eigenvalue weighted by Gasteiger charge is 2.39. The summed E-state index contributed by atoms with van der Waals surface area (Å²) in [6.45, 7) is 0. The van der Waals surface area contributed by atoms with E-state index in [0.29, 0.717) is 10.6 Å². The third kappa shape index (κ3) is 5.64. The molecule has 5 rings (SSSR count). The Morgan fingerprint density at radius 1 is 1.05 bits per heavy atom. The van der Waals surface area contributed by atoms with Gasteiger partial charge in [-0.25, -0.2) is 18.9 Å². The Balaban J connectivity index is 1.86. The number of hydrogen-bond acceptors (Lipinski definition) is 11. The molecule has 1 aliphatic rings. The number of nitro groups is 2. The molecule has 0 fully saturated rings. The van der Waals surface area contributed by atoms with Gasteiger partial charge < -0.3 is 5.11 Å². The van der Waals surface area contributed by atoms with Gasteiger partial charge in [-0.3, -0.25) is 25.0 Å². The fourth-order valence-corrected chi connectivity index (χ4v) is 6.13. The van der Waals surface area contributed by atoms with Crippen LogP contribution in [0.15, 0.2) is 92.7 Å². The van der Waals surface area contributed by atoms with Gasteiger partial charge in [-0.2, -0.15) is 10.2 Å². The Bertz CT molecular complexity index is 1970. The van der Waals surface area contributed by atoms with Gasteiger partial charge in [-0.15, -0.1) is 11.8 Å². The Morgan fingerprint density at radius 3 is 2.30 bits per heavy atom. The van der Waals surface area contributed by atoms with Crippen molar-refractivity contribution in [3.63, 3.8) is 0 Å². The smallest absolute Gasteiger partial charge is 0.360 e. The van der Waals surface area contributed by atoms with E-state index in [-0.39, 0.29) is 26.5 Å². The zero-order valence-corrected chi connectivity index (χ0v) is 24.5. The summed E-state index contributed by atoms with van der Waals surface area (Å²) in [7, 11) is 0. The number of carboxylic acid groups (broad SMARTS) is 1. The Kier molecular flexibility index (Phi) is 8.48. The van der Waals surface area contributed by atoms with Crippen molar-refractivity contribution < 1.29 is 24.1 Å². The van der Waals surface area contributed by atoms with Gasteiger partial charge in [-0.05, 0) is 54.4 Å². The summed E-state index contributed by atoms with van der Waals surface area (Å²) in [5.74, 6) is -2.36. The predicted molar refractivity (Wildman–Crippen MR) is 164 cm³/mol. The highest BCUT2D eigenvalue weighted by Crippen LogP contribution is 2.42. The number of thioether (sulfide) groups is 2. The second-order valence-electron chi connectivity index (χ2n) is 8.74. The maximum atomic E-state index is 13.8. The molecule has 0 atom stereocenters. The summed E-state index contributed by atoms with van der Waals surface area (Å²) in [5, 5.41) is 43.6. The lowest BCUT2D eigenvalue weighted by atomic mass is 10.1. The van der Waals surface area contributed by atoms with Crippen LogP contribution >= 0.6 is 35.1 Å². The second-order valence-corrected chi connectivity index (χ2v) is 10.9. The average molecular weight is 655 g/mol. The van der Waals surface area contributed by atoms with Crippen molar-refractivity contribution in [2.45, 2.75) is 5.03 Å². The van der Waals surface area contributed by atoms with Crippen molar-refractivity contribution in [1.29, 1.82) is 0 Å². The molecule has 1 aliphatic heterocycles. The van der Waals surface area contributed by atoms with Crippen LogP contribution in [0.1, 0.15) is 21.6 Å². The summed E-state index contributed by atoms with van der Waals surface area (Å²) < 4.78 is 14.7. The van der Waals surface area contributed by atoms with E-state index in [1.165, 1.54) is 30.5 Å². The summed E-state index contributed by atoms with van der Waals surface area (Å²) in [5.41, 5.74) is -3.64. The normalized spacial score (nSPS) is 13.9. The predicted octanol–water partition coefficient (Wildman–Crippen LogP) is 5.87. The molecule has 0 spiro atoms. The van der Waals surface area contributed by atoms with E-state index in [9.17, 15) is 39.3 Å². The standard InChI is InChI=1S/C27H16ClFN6O7S2/c1-43-25-20(23(36)21(27(37)38)30-33(25)17-11-12-18(28)19(13-17)34(39)40)22(35(41)42)26-32(16-9-7-15(29)8-10-16)31-24(44-26)14-5-3-2-4-6-14/h2-13H,1H3,(H,37,38)/b26-22-. The summed E-state index contributed by atoms with van der Waals surface area (Å²) >= 11 is 7.62. The molecule has 222 valence electrons. The topological polar surface area (TPSA) is 174 Å². The summed E-state index contributed by atoms with van der Waals surface area (Å²) in [4.78, 5) is 48.7. The second kappa shape index (κ2) is 12.3. The van der Waals surface area contributed by atoms with E-state index in [2.05, 4.69) is 10.2 Å². The average Bonchev–Trinajstić information content (AvgIpc) is 3.43. The molecule has 13 nitrogen and oxygen atoms in total. The van der Waals surface area contributed by atoms with Crippen molar-refractivity contribution in [1.82, 2.24) is 9.78 Å². The van der Waals surface area contributed by atoms with E-state index in [1.807, 2.05) is 0 Å². The molecule has 3 aromatic carbocycles. The van der Waals surface area contributed by atoms with Crippen molar-refractivity contribution in [2.24, 2.45) is 5.10 Å². The van der Waals surface area contributed by atoms with E-state index in [4.69, 9.17) is 11.6 Å². The third-order valence-electron chi connectivity index (χ3n) is 6.11. The number of anilines is 1. The summed E-state index contributed by atoms with van der Waals surface area (Å²) in [6.07, 6.45) is 1.47. The Labute approximate surface area is 259 Å². The van der Waals surface area contributed by atoms with Gasteiger partial charge in [-0.1, -0.05) is 41.9 Å². The molecule has 1 aromatic heterocycles. The Hall–Kier alpha value is -5.06. The number of aromatic carboxylic acids is 1. The van der Waals surface area contributed by atoms with Gasteiger partial charge in [0.2, 0.25) is 11.1 Å². The first-order chi connectivity index (χ1) is 21.0. The number of nitrogens with zero attached hydrogens (tertiary/aromatic N) is 6. The van der Waals surface area contributed by atoms with Gasteiger partial charge >= 0.3 is 11.7 Å². The maximum Gasteiger partial charge on any atom is 0.360 e. The molecule has 2 heterocycles.